The van der Waals surface area contributed by atoms with Crippen LogP contribution in [-0.2, 0) is 14.3 Å². The van der Waals surface area contributed by atoms with E-state index in [1.165, 1.54) is 128 Å². The van der Waals surface area contributed by atoms with Crippen molar-refractivity contribution >= 4 is 5.91 Å². The molecule has 0 aromatic carbocycles. The summed E-state index contributed by atoms with van der Waals surface area (Å²) in [5, 5.41) is 75.7. The zero-order valence-electron chi connectivity index (χ0n) is 40.8. The van der Waals surface area contributed by atoms with Gasteiger partial charge in [-0.25, -0.2) is 0 Å². The maximum absolute atomic E-state index is 13.1. The lowest BCUT2D eigenvalue weighted by Crippen LogP contribution is -2.60. The van der Waals surface area contributed by atoms with E-state index in [9.17, 15) is 40.5 Å². The van der Waals surface area contributed by atoms with Gasteiger partial charge in [0.05, 0.1) is 25.4 Å². The summed E-state index contributed by atoms with van der Waals surface area (Å²) in [5.74, 6) is -0.721. The summed E-state index contributed by atoms with van der Waals surface area (Å²) >= 11 is 0. The second-order valence-corrected chi connectivity index (χ2v) is 18.6. The molecule has 9 unspecified atom stereocenters. The van der Waals surface area contributed by atoms with Crippen LogP contribution in [0.3, 0.4) is 0 Å². The average Bonchev–Trinajstić information content (AvgIpc) is 3.29. The summed E-state index contributed by atoms with van der Waals surface area (Å²) in [7, 11) is 0. The Kier molecular flexibility index (Phi) is 40.2. The highest BCUT2D eigenvalue weighted by Gasteiger charge is 2.44. The Balaban J connectivity index is 2.34. The molecule has 376 valence electrons. The molecule has 0 spiro atoms. The number of hydrogen-bond acceptors (Lipinski definition) is 10. The molecule has 8 N–H and O–H groups in total. The van der Waals surface area contributed by atoms with E-state index < -0.39 is 74.2 Å². The second-order valence-electron chi connectivity index (χ2n) is 18.6. The van der Waals surface area contributed by atoms with E-state index in [0.717, 1.165) is 51.4 Å². The van der Waals surface area contributed by atoms with Gasteiger partial charge < -0.3 is 50.5 Å². The van der Waals surface area contributed by atoms with Gasteiger partial charge in [0.15, 0.2) is 6.29 Å². The van der Waals surface area contributed by atoms with Crippen LogP contribution >= 0.6 is 0 Å². The number of aliphatic hydroxyl groups excluding tert-OH is 7. The van der Waals surface area contributed by atoms with Crippen LogP contribution in [0.1, 0.15) is 226 Å². The number of amides is 1. The molecule has 1 saturated heterocycles. The number of carbonyl (C=O) groups excluding carboxylic acids is 1. The van der Waals surface area contributed by atoms with Gasteiger partial charge in [-0.15, -0.1) is 0 Å². The Bertz CT molecular complexity index is 1130. The highest BCUT2D eigenvalue weighted by molar-refractivity contribution is 5.80. The Morgan fingerprint density at radius 3 is 1.42 bits per heavy atom. The lowest BCUT2D eigenvalue weighted by Gasteiger charge is -2.40. The summed E-state index contributed by atoms with van der Waals surface area (Å²) in [5.41, 5.74) is 0. The van der Waals surface area contributed by atoms with Crippen molar-refractivity contribution < 1.29 is 50.0 Å². The minimum Gasteiger partial charge on any atom is -0.394 e. The monoisotopic (exact) mass is 910 g/mol. The van der Waals surface area contributed by atoms with Crippen LogP contribution in [0.25, 0.3) is 0 Å². The molecule has 1 aliphatic heterocycles. The van der Waals surface area contributed by atoms with Gasteiger partial charge in [-0.05, 0) is 77.0 Å². The zero-order chi connectivity index (χ0) is 46.9. The number of hydrogen-bond donors (Lipinski definition) is 8. The third-order valence-electron chi connectivity index (χ3n) is 12.6. The molecule has 0 aliphatic carbocycles. The Morgan fingerprint density at radius 2 is 0.938 bits per heavy atom. The maximum atomic E-state index is 13.1. The first-order valence-corrected chi connectivity index (χ1v) is 26.4. The molecule has 1 aliphatic rings. The van der Waals surface area contributed by atoms with Crippen LogP contribution in [-0.4, -0.2) is 110 Å². The fourth-order valence-electron chi connectivity index (χ4n) is 8.28. The molecule has 1 amide bonds. The van der Waals surface area contributed by atoms with Crippen molar-refractivity contribution in [1.82, 2.24) is 5.32 Å². The molecule has 1 heterocycles. The lowest BCUT2D eigenvalue weighted by molar-refractivity contribution is -0.303. The average molecular weight is 910 g/mol. The topological polar surface area (TPSA) is 189 Å². The van der Waals surface area contributed by atoms with Crippen molar-refractivity contribution in [2.24, 2.45) is 0 Å². The van der Waals surface area contributed by atoms with Gasteiger partial charge in [0.25, 0.3) is 0 Å². The highest BCUT2D eigenvalue weighted by atomic mass is 16.7. The minimum atomic E-state index is -1.67. The molecule has 1 rings (SSSR count). The van der Waals surface area contributed by atoms with Gasteiger partial charge in [0, 0.05) is 0 Å². The molecule has 11 nitrogen and oxygen atoms in total. The van der Waals surface area contributed by atoms with Crippen LogP contribution in [0, 0.1) is 0 Å². The van der Waals surface area contributed by atoms with Gasteiger partial charge >= 0.3 is 0 Å². The SMILES string of the molecule is CCCCC/C=C\CCCCCCC(O)C(=O)NC(COC1OC(CO)C(O)C(O)C1O)C(O)C(O)CCC/C=C/CC/C=C/CCCCCCCCCCCCCCCCCCC. The molecule has 0 aromatic rings. The highest BCUT2D eigenvalue weighted by Crippen LogP contribution is 2.23. The fourth-order valence-corrected chi connectivity index (χ4v) is 8.28. The molecule has 0 radical (unpaired) electrons. The summed E-state index contributed by atoms with van der Waals surface area (Å²) in [6.45, 7) is 3.39. The second kappa shape index (κ2) is 42.7. The van der Waals surface area contributed by atoms with E-state index in [1.807, 2.05) is 0 Å². The normalized spacial score (nSPS) is 21.3. The van der Waals surface area contributed by atoms with Crippen molar-refractivity contribution in [2.75, 3.05) is 13.2 Å². The lowest BCUT2D eigenvalue weighted by atomic mass is 9.98. The molecule has 11 heteroatoms. The van der Waals surface area contributed by atoms with Crippen LogP contribution in [0.4, 0.5) is 0 Å². The number of carbonyl (C=O) groups is 1. The fraction of sp³-hybridized carbons (Fsp3) is 0.868. The molecule has 9 atom stereocenters. The standard InChI is InChI=1S/C53H99NO10/c1-3-5-7-9-11-13-15-16-17-18-19-20-21-22-23-24-25-26-27-28-29-31-32-34-36-38-40-45(56)48(58)44(43-63-53-51(61)50(60)49(59)47(42-55)64-53)54-52(62)46(57)41-39-37-35-33-30-14-12-10-8-6-4-2/h12,14,27-28,32,34,44-51,53,55-61H,3-11,13,15-26,29-31,33,35-43H2,1-2H3,(H,54,62)/b14-12-,28-27+,34-32+. The van der Waals surface area contributed by atoms with Gasteiger partial charge in [-0.2, -0.15) is 0 Å². The van der Waals surface area contributed by atoms with Gasteiger partial charge in [0.2, 0.25) is 5.91 Å². The van der Waals surface area contributed by atoms with Gasteiger partial charge in [0.1, 0.15) is 36.6 Å². The maximum Gasteiger partial charge on any atom is 0.249 e. The summed E-state index contributed by atoms with van der Waals surface area (Å²) in [6.07, 6.45) is 39.3. The molecule has 0 saturated carbocycles. The van der Waals surface area contributed by atoms with Crippen LogP contribution in [0.15, 0.2) is 36.5 Å². The van der Waals surface area contributed by atoms with Crippen molar-refractivity contribution in [1.29, 1.82) is 0 Å². The minimum absolute atomic E-state index is 0.235. The Morgan fingerprint density at radius 1 is 0.531 bits per heavy atom. The molecular formula is C53H99NO10. The molecule has 0 bridgehead atoms. The predicted octanol–water partition coefficient (Wildman–Crippen LogP) is 9.95. The van der Waals surface area contributed by atoms with Crippen molar-refractivity contribution in [3.63, 3.8) is 0 Å². The van der Waals surface area contributed by atoms with Crippen molar-refractivity contribution in [3.05, 3.63) is 36.5 Å². The Labute approximate surface area is 390 Å². The molecule has 1 fully saturated rings. The van der Waals surface area contributed by atoms with Crippen LogP contribution in [0.5, 0.6) is 0 Å². The van der Waals surface area contributed by atoms with E-state index in [-0.39, 0.29) is 12.8 Å². The van der Waals surface area contributed by atoms with Crippen LogP contribution in [0.2, 0.25) is 0 Å². The number of nitrogens with one attached hydrogen (secondary N) is 1. The quantitative estimate of drug-likeness (QED) is 0.0216. The largest absolute Gasteiger partial charge is 0.394 e. The van der Waals surface area contributed by atoms with Crippen LogP contribution < -0.4 is 5.32 Å². The molecule has 0 aromatic heterocycles. The van der Waals surface area contributed by atoms with E-state index in [1.54, 1.807) is 0 Å². The first-order valence-electron chi connectivity index (χ1n) is 26.4. The number of aliphatic hydroxyl groups is 7. The first-order chi connectivity index (χ1) is 31.2. The third-order valence-corrected chi connectivity index (χ3v) is 12.6. The van der Waals surface area contributed by atoms with Gasteiger partial charge in [-0.3, -0.25) is 4.79 Å². The zero-order valence-corrected chi connectivity index (χ0v) is 40.8. The summed E-state index contributed by atoms with van der Waals surface area (Å²) in [4.78, 5) is 13.1. The van der Waals surface area contributed by atoms with E-state index in [4.69, 9.17) is 9.47 Å². The number of unbranched alkanes of at least 4 members (excludes halogenated alkanes) is 26. The molecular weight excluding hydrogens is 811 g/mol. The predicted molar refractivity (Wildman–Crippen MR) is 261 cm³/mol. The first kappa shape index (κ1) is 60.3. The number of ether oxygens (including phenoxy) is 2. The summed E-state index contributed by atoms with van der Waals surface area (Å²) in [6, 6.07) is -1.19. The van der Waals surface area contributed by atoms with E-state index in [0.29, 0.717) is 19.3 Å². The van der Waals surface area contributed by atoms with E-state index >= 15 is 0 Å². The smallest absolute Gasteiger partial charge is 0.249 e. The van der Waals surface area contributed by atoms with E-state index in [2.05, 4.69) is 55.6 Å². The number of allylic oxidation sites excluding steroid dienone is 6. The van der Waals surface area contributed by atoms with Crippen molar-refractivity contribution in [2.45, 2.75) is 281 Å². The summed E-state index contributed by atoms with van der Waals surface area (Å²) < 4.78 is 11.1. The third kappa shape index (κ3) is 31.3. The van der Waals surface area contributed by atoms with Gasteiger partial charge in [-0.1, -0.05) is 185 Å². The molecule has 64 heavy (non-hydrogen) atoms. The van der Waals surface area contributed by atoms with Crippen molar-refractivity contribution in [3.8, 4) is 0 Å². The number of rotatable bonds is 44. The Hall–Kier alpha value is -1.67.